The monoisotopic (exact) mass is 409 g/mol. The third kappa shape index (κ3) is 5.10. The van der Waals surface area contributed by atoms with Crippen molar-refractivity contribution in [2.75, 3.05) is 31.6 Å². The molecule has 1 fully saturated rings. The van der Waals surface area contributed by atoms with Crippen molar-refractivity contribution in [3.05, 3.63) is 54.1 Å². The van der Waals surface area contributed by atoms with Crippen LogP contribution < -0.4 is 20.1 Å². The summed E-state index contributed by atoms with van der Waals surface area (Å²) in [6, 6.07) is 14.9. The number of ether oxygens (including phenoxy) is 2. The third-order valence-electron chi connectivity index (χ3n) is 5.20. The first-order valence-corrected chi connectivity index (χ1v) is 10.4. The highest BCUT2D eigenvalue weighted by atomic mass is 16.6. The van der Waals surface area contributed by atoms with Gasteiger partial charge < -0.3 is 20.1 Å². The van der Waals surface area contributed by atoms with Crippen LogP contribution in [0.15, 0.2) is 48.5 Å². The number of para-hydroxylation sites is 3. The van der Waals surface area contributed by atoms with E-state index in [4.69, 9.17) is 9.47 Å². The van der Waals surface area contributed by atoms with Crippen molar-refractivity contribution < 1.29 is 19.1 Å². The highest BCUT2D eigenvalue weighted by Gasteiger charge is 2.26. The number of carbonyl (C=O) groups is 2. The number of rotatable bonds is 8. The van der Waals surface area contributed by atoms with Crippen LogP contribution in [-0.4, -0.2) is 55.1 Å². The van der Waals surface area contributed by atoms with E-state index in [0.717, 1.165) is 24.3 Å². The van der Waals surface area contributed by atoms with E-state index in [0.29, 0.717) is 30.9 Å². The number of likely N-dealkylation sites (N-methyl/N-ethyl adjacent to an activating group) is 1. The molecular formula is C23H27N3O4. The molecule has 2 N–H and O–H groups in total. The summed E-state index contributed by atoms with van der Waals surface area (Å²) in [5.74, 6) is 1.16. The van der Waals surface area contributed by atoms with E-state index in [9.17, 15) is 9.59 Å². The van der Waals surface area contributed by atoms with E-state index in [1.807, 2.05) is 42.2 Å². The van der Waals surface area contributed by atoms with Gasteiger partial charge in [-0.15, -0.1) is 0 Å². The molecular weight excluding hydrogens is 382 g/mol. The minimum absolute atomic E-state index is 0.146. The maximum absolute atomic E-state index is 12.7. The number of hydrogen-bond donors (Lipinski definition) is 2. The molecule has 2 aromatic carbocycles. The van der Waals surface area contributed by atoms with Crippen LogP contribution in [0.4, 0.5) is 5.69 Å². The van der Waals surface area contributed by atoms with Crippen molar-refractivity contribution in [1.29, 1.82) is 0 Å². The lowest BCUT2D eigenvalue weighted by atomic mass is 10.1. The highest BCUT2D eigenvalue weighted by Crippen LogP contribution is 2.31. The normalized spacial score (nSPS) is 17.5. The van der Waals surface area contributed by atoms with Gasteiger partial charge in [0, 0.05) is 12.6 Å². The largest absolute Gasteiger partial charge is 0.486 e. The fraction of sp³-hybridized carbons (Fsp3) is 0.391. The predicted molar refractivity (Wildman–Crippen MR) is 114 cm³/mol. The van der Waals surface area contributed by atoms with Crippen LogP contribution in [0.3, 0.4) is 0 Å². The summed E-state index contributed by atoms with van der Waals surface area (Å²) in [6.45, 7) is 3.92. The summed E-state index contributed by atoms with van der Waals surface area (Å²) in [5, 5.41) is 5.86. The Morgan fingerprint density at radius 2 is 1.80 bits per heavy atom. The molecule has 2 aromatic rings. The van der Waals surface area contributed by atoms with Crippen molar-refractivity contribution in [1.82, 2.24) is 10.2 Å². The van der Waals surface area contributed by atoms with Gasteiger partial charge in [0.15, 0.2) is 11.5 Å². The molecule has 1 aliphatic heterocycles. The standard InChI is InChI=1S/C23H27N3O4/c1-2-26(13-17-15-29-20-9-5-6-10-21(20)30-17)14-22(27)25-19-8-4-3-7-18(19)23(28)24-16-11-12-16/h3-10,16-17H,2,11-15H2,1H3,(H,24,28)(H,25,27). The molecule has 30 heavy (non-hydrogen) atoms. The first-order valence-electron chi connectivity index (χ1n) is 10.4. The van der Waals surface area contributed by atoms with Crippen LogP contribution in [0.1, 0.15) is 30.1 Å². The molecule has 2 aliphatic rings. The fourth-order valence-corrected chi connectivity index (χ4v) is 3.42. The molecule has 2 amide bonds. The number of amides is 2. The number of nitrogens with zero attached hydrogens (tertiary/aromatic N) is 1. The molecule has 7 nitrogen and oxygen atoms in total. The number of carbonyl (C=O) groups excluding carboxylic acids is 2. The van der Waals surface area contributed by atoms with E-state index >= 15 is 0 Å². The first kappa shape index (κ1) is 20.2. The zero-order valence-electron chi connectivity index (χ0n) is 17.1. The molecule has 1 unspecified atom stereocenters. The Morgan fingerprint density at radius 1 is 1.07 bits per heavy atom. The lowest BCUT2D eigenvalue weighted by Gasteiger charge is -2.30. The SMILES string of the molecule is CCN(CC(=O)Nc1ccccc1C(=O)NC1CC1)CC1COc2ccccc2O1. The summed E-state index contributed by atoms with van der Waals surface area (Å²) in [5.41, 5.74) is 1.02. The second-order valence-corrected chi connectivity index (χ2v) is 7.67. The molecule has 4 rings (SSSR count). The zero-order chi connectivity index (χ0) is 20.9. The van der Waals surface area contributed by atoms with Gasteiger partial charge in [-0.2, -0.15) is 0 Å². The molecule has 0 radical (unpaired) electrons. The predicted octanol–water partition coefficient (Wildman–Crippen LogP) is 2.68. The average Bonchev–Trinajstić information content (AvgIpc) is 3.57. The fourth-order valence-electron chi connectivity index (χ4n) is 3.42. The van der Waals surface area contributed by atoms with Gasteiger partial charge in [-0.05, 0) is 43.7 Å². The van der Waals surface area contributed by atoms with Crippen LogP contribution in [0.25, 0.3) is 0 Å². The number of nitrogens with one attached hydrogen (secondary N) is 2. The molecule has 1 heterocycles. The summed E-state index contributed by atoms with van der Waals surface area (Å²) in [6.07, 6.45) is 1.89. The number of fused-ring (bicyclic) bond motifs is 1. The molecule has 158 valence electrons. The molecule has 7 heteroatoms. The van der Waals surface area contributed by atoms with Gasteiger partial charge >= 0.3 is 0 Å². The van der Waals surface area contributed by atoms with Gasteiger partial charge in [0.25, 0.3) is 5.91 Å². The van der Waals surface area contributed by atoms with Crippen molar-refractivity contribution >= 4 is 17.5 Å². The molecule has 0 spiro atoms. The van der Waals surface area contributed by atoms with Crippen molar-refractivity contribution in [2.45, 2.75) is 31.9 Å². The van der Waals surface area contributed by atoms with Crippen LogP contribution in [0, 0.1) is 0 Å². The molecule has 1 atom stereocenters. The van der Waals surface area contributed by atoms with E-state index in [1.165, 1.54) is 0 Å². The zero-order valence-corrected chi connectivity index (χ0v) is 17.1. The number of benzene rings is 2. The average molecular weight is 409 g/mol. The quantitative estimate of drug-likeness (QED) is 0.701. The van der Waals surface area contributed by atoms with E-state index in [1.54, 1.807) is 18.2 Å². The molecule has 0 bridgehead atoms. The summed E-state index contributed by atoms with van der Waals surface area (Å²) >= 11 is 0. The van der Waals surface area contributed by atoms with E-state index in [2.05, 4.69) is 10.6 Å². The Labute approximate surface area is 176 Å². The van der Waals surface area contributed by atoms with Gasteiger partial charge in [-0.1, -0.05) is 31.2 Å². The van der Waals surface area contributed by atoms with E-state index < -0.39 is 0 Å². The van der Waals surface area contributed by atoms with Crippen molar-refractivity contribution in [3.63, 3.8) is 0 Å². The minimum Gasteiger partial charge on any atom is -0.486 e. The molecule has 1 saturated carbocycles. The first-order chi connectivity index (χ1) is 14.6. The third-order valence-corrected chi connectivity index (χ3v) is 5.20. The highest BCUT2D eigenvalue weighted by molar-refractivity contribution is 6.04. The van der Waals surface area contributed by atoms with Crippen LogP contribution in [0.2, 0.25) is 0 Å². The maximum atomic E-state index is 12.7. The van der Waals surface area contributed by atoms with Gasteiger partial charge in [0.1, 0.15) is 12.7 Å². The van der Waals surface area contributed by atoms with Crippen LogP contribution >= 0.6 is 0 Å². The summed E-state index contributed by atoms with van der Waals surface area (Å²) < 4.78 is 11.8. The Morgan fingerprint density at radius 3 is 2.57 bits per heavy atom. The molecule has 1 aliphatic carbocycles. The van der Waals surface area contributed by atoms with Gasteiger partial charge in [-0.3, -0.25) is 14.5 Å². The number of anilines is 1. The van der Waals surface area contributed by atoms with Gasteiger partial charge in [-0.25, -0.2) is 0 Å². The van der Waals surface area contributed by atoms with Crippen LogP contribution in [0.5, 0.6) is 11.5 Å². The van der Waals surface area contributed by atoms with Gasteiger partial charge in [0.05, 0.1) is 17.8 Å². The summed E-state index contributed by atoms with van der Waals surface area (Å²) in [7, 11) is 0. The second-order valence-electron chi connectivity index (χ2n) is 7.67. The molecule has 0 aromatic heterocycles. The second kappa shape index (κ2) is 9.17. The Kier molecular flexibility index (Phi) is 6.18. The Balaban J connectivity index is 1.33. The van der Waals surface area contributed by atoms with Gasteiger partial charge in [0.2, 0.25) is 5.91 Å². The minimum atomic E-state index is -0.166. The van der Waals surface area contributed by atoms with Crippen molar-refractivity contribution in [3.8, 4) is 11.5 Å². The van der Waals surface area contributed by atoms with Crippen LogP contribution in [-0.2, 0) is 4.79 Å². The number of hydrogen-bond acceptors (Lipinski definition) is 5. The Bertz CT molecular complexity index is 913. The molecule has 0 saturated heterocycles. The Hall–Kier alpha value is -3.06. The summed E-state index contributed by atoms with van der Waals surface area (Å²) in [4.78, 5) is 27.1. The van der Waals surface area contributed by atoms with Crippen molar-refractivity contribution in [2.24, 2.45) is 0 Å². The van der Waals surface area contributed by atoms with E-state index in [-0.39, 0.29) is 30.5 Å². The maximum Gasteiger partial charge on any atom is 0.253 e. The lowest BCUT2D eigenvalue weighted by Crippen LogP contribution is -2.43. The topological polar surface area (TPSA) is 79.9 Å². The smallest absolute Gasteiger partial charge is 0.253 e. The lowest BCUT2D eigenvalue weighted by molar-refractivity contribution is -0.117.